The Kier molecular flexibility index (Phi) is 5.62. The van der Waals surface area contributed by atoms with E-state index >= 15 is 0 Å². The highest BCUT2D eigenvalue weighted by Crippen LogP contribution is 2.24. The van der Waals surface area contributed by atoms with Gasteiger partial charge in [0.25, 0.3) is 0 Å². The van der Waals surface area contributed by atoms with Crippen LogP contribution in [0.1, 0.15) is 32.4 Å². The fourth-order valence-corrected chi connectivity index (χ4v) is 1.87. The number of pyridine rings is 1. The normalized spacial score (nSPS) is 10.7. The molecule has 0 spiro atoms. The molecule has 0 aromatic carbocycles. The van der Waals surface area contributed by atoms with Crippen LogP contribution in [0, 0.1) is 0 Å². The van der Waals surface area contributed by atoms with Gasteiger partial charge in [-0.25, -0.2) is 0 Å². The molecule has 0 atom stereocenters. The van der Waals surface area contributed by atoms with Crippen LogP contribution in [0.25, 0.3) is 11.3 Å². The molecule has 4 nitrogen and oxygen atoms in total. The van der Waals surface area contributed by atoms with Crippen molar-refractivity contribution in [3.05, 3.63) is 36.4 Å². The molecule has 2 heterocycles. The van der Waals surface area contributed by atoms with Gasteiger partial charge < -0.3 is 14.5 Å². The van der Waals surface area contributed by atoms with Crippen molar-refractivity contribution >= 4 is 0 Å². The van der Waals surface area contributed by atoms with Crippen molar-refractivity contribution in [2.45, 2.75) is 33.2 Å². The lowest BCUT2D eigenvalue weighted by Crippen LogP contribution is -2.12. The molecular weight excluding hydrogens is 252 g/mol. The Morgan fingerprint density at radius 1 is 1.20 bits per heavy atom. The van der Waals surface area contributed by atoms with Gasteiger partial charge in [0.05, 0.1) is 19.3 Å². The fraction of sp³-hybridized carbons (Fsp3) is 0.438. The van der Waals surface area contributed by atoms with Crippen molar-refractivity contribution in [1.82, 2.24) is 10.3 Å². The molecule has 108 valence electrons. The minimum atomic E-state index is 0.704. The second-order valence-electron chi connectivity index (χ2n) is 4.70. The first-order chi connectivity index (χ1) is 9.83. The van der Waals surface area contributed by atoms with Crippen LogP contribution in [0.3, 0.4) is 0 Å². The molecule has 0 saturated heterocycles. The molecule has 2 rings (SSSR count). The molecule has 0 unspecified atom stereocenters. The SMILES string of the molecule is CCCNCc1ccc(-c2cncc(OCCC)c2)o1. The van der Waals surface area contributed by atoms with Crippen LogP contribution in [-0.2, 0) is 6.54 Å². The van der Waals surface area contributed by atoms with Crippen LogP contribution in [-0.4, -0.2) is 18.1 Å². The van der Waals surface area contributed by atoms with E-state index in [2.05, 4.69) is 24.1 Å². The zero-order valence-electron chi connectivity index (χ0n) is 12.2. The summed E-state index contributed by atoms with van der Waals surface area (Å²) in [6, 6.07) is 5.94. The minimum Gasteiger partial charge on any atom is -0.492 e. The summed E-state index contributed by atoms with van der Waals surface area (Å²) >= 11 is 0. The molecule has 2 aromatic rings. The van der Waals surface area contributed by atoms with Crippen molar-refractivity contribution in [1.29, 1.82) is 0 Å². The monoisotopic (exact) mass is 274 g/mol. The second kappa shape index (κ2) is 7.70. The Morgan fingerprint density at radius 2 is 2.10 bits per heavy atom. The van der Waals surface area contributed by atoms with E-state index in [0.717, 1.165) is 48.8 Å². The van der Waals surface area contributed by atoms with E-state index in [-0.39, 0.29) is 0 Å². The van der Waals surface area contributed by atoms with E-state index in [1.54, 1.807) is 12.4 Å². The van der Waals surface area contributed by atoms with E-state index in [1.807, 2.05) is 18.2 Å². The Labute approximate surface area is 120 Å². The molecule has 2 aromatic heterocycles. The Bertz CT molecular complexity index is 523. The third-order valence-corrected chi connectivity index (χ3v) is 2.86. The molecule has 0 aliphatic rings. The van der Waals surface area contributed by atoms with Gasteiger partial charge >= 0.3 is 0 Å². The lowest BCUT2D eigenvalue weighted by Gasteiger charge is -2.05. The molecule has 0 radical (unpaired) electrons. The highest BCUT2D eigenvalue weighted by Gasteiger charge is 2.06. The average molecular weight is 274 g/mol. The maximum Gasteiger partial charge on any atom is 0.138 e. The Morgan fingerprint density at radius 3 is 2.90 bits per heavy atom. The van der Waals surface area contributed by atoms with E-state index in [4.69, 9.17) is 9.15 Å². The van der Waals surface area contributed by atoms with E-state index in [0.29, 0.717) is 6.61 Å². The lowest BCUT2D eigenvalue weighted by atomic mass is 10.2. The summed E-state index contributed by atoms with van der Waals surface area (Å²) in [6.45, 7) is 6.69. The first-order valence-corrected chi connectivity index (χ1v) is 7.21. The van der Waals surface area contributed by atoms with Gasteiger partial charge in [0.2, 0.25) is 0 Å². The van der Waals surface area contributed by atoms with E-state index in [1.165, 1.54) is 0 Å². The molecule has 0 fully saturated rings. The molecule has 20 heavy (non-hydrogen) atoms. The maximum absolute atomic E-state index is 5.82. The standard InChI is InChI=1S/C16H22N2O2/c1-3-7-17-11-14-5-6-16(20-14)13-9-15(12-18-10-13)19-8-4-2/h5-6,9-10,12,17H,3-4,7-8,11H2,1-2H3. The van der Waals surface area contributed by atoms with Gasteiger partial charge in [-0.1, -0.05) is 13.8 Å². The van der Waals surface area contributed by atoms with Gasteiger partial charge in [-0.2, -0.15) is 0 Å². The van der Waals surface area contributed by atoms with Crippen molar-refractivity contribution in [2.75, 3.05) is 13.2 Å². The quantitative estimate of drug-likeness (QED) is 0.747. The zero-order valence-corrected chi connectivity index (χ0v) is 12.2. The van der Waals surface area contributed by atoms with Gasteiger partial charge in [0.15, 0.2) is 0 Å². The maximum atomic E-state index is 5.82. The Hall–Kier alpha value is -1.81. The predicted octanol–water partition coefficient (Wildman–Crippen LogP) is 3.63. The highest BCUT2D eigenvalue weighted by molar-refractivity contribution is 5.58. The topological polar surface area (TPSA) is 47.3 Å². The number of nitrogens with one attached hydrogen (secondary N) is 1. The first-order valence-electron chi connectivity index (χ1n) is 7.21. The molecule has 1 N–H and O–H groups in total. The average Bonchev–Trinajstić information content (AvgIpc) is 2.95. The van der Waals surface area contributed by atoms with Gasteiger partial charge in [-0.05, 0) is 37.6 Å². The summed E-state index contributed by atoms with van der Waals surface area (Å²) in [5.74, 6) is 2.55. The van der Waals surface area contributed by atoms with Gasteiger partial charge in [-0.15, -0.1) is 0 Å². The van der Waals surface area contributed by atoms with E-state index < -0.39 is 0 Å². The van der Waals surface area contributed by atoms with Crippen molar-refractivity contribution < 1.29 is 9.15 Å². The van der Waals surface area contributed by atoms with Gasteiger partial charge in [-0.3, -0.25) is 4.98 Å². The van der Waals surface area contributed by atoms with Crippen LogP contribution in [0.5, 0.6) is 5.75 Å². The molecule has 0 aliphatic carbocycles. The number of hydrogen-bond acceptors (Lipinski definition) is 4. The van der Waals surface area contributed by atoms with Crippen LogP contribution in [0.2, 0.25) is 0 Å². The number of nitrogens with zero attached hydrogens (tertiary/aromatic N) is 1. The second-order valence-corrected chi connectivity index (χ2v) is 4.70. The third kappa shape index (κ3) is 4.10. The summed E-state index contributed by atoms with van der Waals surface area (Å²) in [7, 11) is 0. The molecular formula is C16H22N2O2. The summed E-state index contributed by atoms with van der Waals surface area (Å²) < 4.78 is 11.4. The predicted molar refractivity (Wildman–Crippen MR) is 79.7 cm³/mol. The summed E-state index contributed by atoms with van der Waals surface area (Å²) in [4.78, 5) is 4.20. The Balaban J connectivity index is 2.03. The molecule has 0 saturated carbocycles. The van der Waals surface area contributed by atoms with Crippen LogP contribution < -0.4 is 10.1 Å². The minimum absolute atomic E-state index is 0.704. The highest BCUT2D eigenvalue weighted by atomic mass is 16.5. The summed E-state index contributed by atoms with van der Waals surface area (Å²) in [5.41, 5.74) is 0.945. The number of hydrogen-bond donors (Lipinski definition) is 1. The smallest absolute Gasteiger partial charge is 0.138 e. The number of furan rings is 1. The molecule has 0 bridgehead atoms. The number of ether oxygens (including phenoxy) is 1. The molecule has 0 aliphatic heterocycles. The van der Waals surface area contributed by atoms with Crippen LogP contribution in [0.4, 0.5) is 0 Å². The third-order valence-electron chi connectivity index (χ3n) is 2.86. The van der Waals surface area contributed by atoms with E-state index in [9.17, 15) is 0 Å². The van der Waals surface area contributed by atoms with Crippen LogP contribution >= 0.6 is 0 Å². The van der Waals surface area contributed by atoms with Crippen molar-refractivity contribution in [3.63, 3.8) is 0 Å². The summed E-state index contributed by atoms with van der Waals surface area (Å²) in [6.07, 6.45) is 5.62. The van der Waals surface area contributed by atoms with Gasteiger partial charge in [0, 0.05) is 11.8 Å². The van der Waals surface area contributed by atoms with Crippen molar-refractivity contribution in [3.8, 4) is 17.1 Å². The summed E-state index contributed by atoms with van der Waals surface area (Å²) in [5, 5.41) is 3.32. The first kappa shape index (κ1) is 14.6. The number of aromatic nitrogens is 1. The molecule has 4 heteroatoms. The van der Waals surface area contributed by atoms with Crippen molar-refractivity contribution in [2.24, 2.45) is 0 Å². The fourth-order valence-electron chi connectivity index (χ4n) is 1.87. The number of rotatable bonds is 8. The largest absolute Gasteiger partial charge is 0.492 e. The zero-order chi connectivity index (χ0) is 14.2. The van der Waals surface area contributed by atoms with Crippen LogP contribution in [0.15, 0.2) is 35.0 Å². The molecule has 0 amide bonds. The van der Waals surface area contributed by atoms with Gasteiger partial charge in [0.1, 0.15) is 17.3 Å². The lowest BCUT2D eigenvalue weighted by molar-refractivity contribution is 0.316.